The maximum Gasteiger partial charge on any atom is 0.228 e. The Morgan fingerprint density at radius 3 is 2.20 bits per heavy atom. The lowest BCUT2D eigenvalue weighted by Crippen LogP contribution is -2.32. The van der Waals surface area contributed by atoms with Crippen LogP contribution in [0.25, 0.3) is 43.6 Å². The van der Waals surface area contributed by atoms with E-state index in [0.717, 1.165) is 24.3 Å². The Morgan fingerprint density at radius 1 is 0.800 bits per heavy atom. The Kier molecular flexibility index (Phi) is 6.94. The Balaban J connectivity index is 1.52. The molecule has 0 bridgehead atoms. The molecule has 5 aromatic rings. The number of nitrogens with zero attached hydrogens (tertiary/aromatic N) is 1. The molecule has 7 rings (SSSR count). The number of aryl methyl sites for hydroxylation is 2. The molecule has 4 aromatic carbocycles. The first kappa shape index (κ1) is 30.3. The molecule has 0 radical (unpaired) electrons. The van der Waals surface area contributed by atoms with Crippen molar-refractivity contribution in [2.24, 2.45) is 23.3 Å². The summed E-state index contributed by atoms with van der Waals surface area (Å²) in [6.07, 6.45) is 9.39. The molecule has 45 heavy (non-hydrogen) atoms. The van der Waals surface area contributed by atoms with Gasteiger partial charge in [0.25, 0.3) is 0 Å². The Morgan fingerprint density at radius 2 is 1.51 bits per heavy atom. The van der Waals surface area contributed by atoms with Gasteiger partial charge < -0.3 is 4.74 Å². The third-order valence-corrected chi connectivity index (χ3v) is 10.6. The molecule has 1 aromatic heterocycles. The summed E-state index contributed by atoms with van der Waals surface area (Å²) in [6, 6.07) is 18.9. The van der Waals surface area contributed by atoms with Gasteiger partial charge in [0.2, 0.25) is 5.69 Å². The van der Waals surface area contributed by atoms with Crippen molar-refractivity contribution in [1.29, 1.82) is 0 Å². The SMILES string of the molecule is Cc1c2c(c(CC(C)(C)C)c3ccc(CC(C)(C)C)cc13)Oc1cc3c(C4CCC(C)(C)CC4)cccc3c3cc[n+](C)c-2c13. The molecule has 1 saturated carbocycles. The predicted octanol–water partition coefficient (Wildman–Crippen LogP) is 11.9. The largest absolute Gasteiger partial charge is 0.455 e. The summed E-state index contributed by atoms with van der Waals surface area (Å²) in [5.74, 6) is 2.68. The van der Waals surface area contributed by atoms with Crippen molar-refractivity contribution >= 4 is 32.3 Å². The lowest BCUT2D eigenvalue weighted by Gasteiger charge is -2.35. The number of ether oxygens (including phenoxy) is 1. The topological polar surface area (TPSA) is 13.1 Å². The van der Waals surface area contributed by atoms with Gasteiger partial charge in [-0.25, -0.2) is 4.57 Å². The van der Waals surface area contributed by atoms with Gasteiger partial charge in [-0.3, -0.25) is 0 Å². The first-order chi connectivity index (χ1) is 21.1. The fourth-order valence-corrected chi connectivity index (χ4v) is 8.43. The summed E-state index contributed by atoms with van der Waals surface area (Å²) < 4.78 is 9.59. The van der Waals surface area contributed by atoms with Crippen LogP contribution in [0.5, 0.6) is 11.5 Å². The van der Waals surface area contributed by atoms with E-state index in [4.69, 9.17) is 4.74 Å². The van der Waals surface area contributed by atoms with Crippen LogP contribution in [0.2, 0.25) is 0 Å². The second kappa shape index (κ2) is 10.3. The first-order valence-corrected chi connectivity index (χ1v) is 17.2. The fraction of sp³-hybridized carbons (Fsp3) is 0.465. The summed E-state index contributed by atoms with van der Waals surface area (Å²) >= 11 is 0. The van der Waals surface area contributed by atoms with Crippen LogP contribution in [0.4, 0.5) is 0 Å². The van der Waals surface area contributed by atoms with Crippen LogP contribution in [0.1, 0.15) is 109 Å². The minimum atomic E-state index is 0.114. The van der Waals surface area contributed by atoms with Crippen LogP contribution < -0.4 is 9.30 Å². The second-order valence-corrected chi connectivity index (χ2v) is 17.6. The quantitative estimate of drug-likeness (QED) is 0.146. The smallest absolute Gasteiger partial charge is 0.228 e. The average Bonchev–Trinajstić information content (AvgIpc) is 2.94. The van der Waals surface area contributed by atoms with Gasteiger partial charge in [-0.2, -0.15) is 0 Å². The van der Waals surface area contributed by atoms with E-state index in [1.807, 2.05) is 0 Å². The van der Waals surface area contributed by atoms with E-state index in [1.165, 1.54) is 91.5 Å². The average molecular weight is 599 g/mol. The second-order valence-electron chi connectivity index (χ2n) is 17.6. The van der Waals surface area contributed by atoms with Crippen molar-refractivity contribution in [3.63, 3.8) is 0 Å². The van der Waals surface area contributed by atoms with Crippen LogP contribution in [0.15, 0.2) is 54.7 Å². The van der Waals surface area contributed by atoms with E-state index < -0.39 is 0 Å². The predicted molar refractivity (Wildman–Crippen MR) is 192 cm³/mol. The molecule has 234 valence electrons. The minimum absolute atomic E-state index is 0.114. The highest BCUT2D eigenvalue weighted by Crippen LogP contribution is 2.54. The van der Waals surface area contributed by atoms with Gasteiger partial charge >= 0.3 is 0 Å². The molecular weight excluding hydrogens is 546 g/mol. The highest BCUT2D eigenvalue weighted by atomic mass is 16.5. The van der Waals surface area contributed by atoms with Crippen LogP contribution in [-0.2, 0) is 19.9 Å². The monoisotopic (exact) mass is 598 g/mol. The van der Waals surface area contributed by atoms with Gasteiger partial charge in [-0.15, -0.1) is 0 Å². The third-order valence-electron chi connectivity index (χ3n) is 10.6. The third kappa shape index (κ3) is 5.33. The number of rotatable bonds is 3. The van der Waals surface area contributed by atoms with Crippen molar-refractivity contribution in [3.8, 4) is 22.8 Å². The van der Waals surface area contributed by atoms with E-state index >= 15 is 0 Å². The highest BCUT2D eigenvalue weighted by Gasteiger charge is 2.35. The summed E-state index contributed by atoms with van der Waals surface area (Å²) in [5.41, 5.74) is 8.92. The van der Waals surface area contributed by atoms with E-state index in [2.05, 4.69) is 129 Å². The number of fused-ring (bicyclic) bond motifs is 5. The van der Waals surface area contributed by atoms with Gasteiger partial charge in [0.1, 0.15) is 18.5 Å². The molecule has 1 fully saturated rings. The summed E-state index contributed by atoms with van der Waals surface area (Å²) in [7, 11) is 2.21. The van der Waals surface area contributed by atoms with Crippen LogP contribution >= 0.6 is 0 Å². The number of pyridine rings is 1. The van der Waals surface area contributed by atoms with Gasteiger partial charge in [-0.05, 0) is 112 Å². The fourth-order valence-electron chi connectivity index (χ4n) is 8.43. The Bertz CT molecular complexity index is 1990. The molecule has 0 N–H and O–H groups in total. The molecule has 0 atom stereocenters. The zero-order valence-electron chi connectivity index (χ0n) is 29.4. The van der Waals surface area contributed by atoms with E-state index in [9.17, 15) is 0 Å². The normalized spacial score (nSPS) is 16.8. The minimum Gasteiger partial charge on any atom is -0.455 e. The maximum absolute atomic E-state index is 7.25. The van der Waals surface area contributed by atoms with Crippen LogP contribution in [0, 0.1) is 23.2 Å². The van der Waals surface area contributed by atoms with Crippen LogP contribution in [-0.4, -0.2) is 0 Å². The van der Waals surface area contributed by atoms with E-state index in [-0.39, 0.29) is 10.8 Å². The van der Waals surface area contributed by atoms with Crippen molar-refractivity contribution in [1.82, 2.24) is 0 Å². The Labute approximate surface area is 270 Å². The molecule has 2 aliphatic rings. The molecule has 2 heteroatoms. The van der Waals surface area contributed by atoms with Crippen molar-refractivity contribution < 1.29 is 9.30 Å². The molecule has 1 aliphatic carbocycles. The van der Waals surface area contributed by atoms with Crippen molar-refractivity contribution in [2.45, 2.75) is 107 Å². The highest BCUT2D eigenvalue weighted by molar-refractivity contribution is 6.17. The first-order valence-electron chi connectivity index (χ1n) is 17.2. The number of aromatic nitrogens is 1. The number of hydrogen-bond donors (Lipinski definition) is 0. The van der Waals surface area contributed by atoms with E-state index in [0.29, 0.717) is 11.3 Å². The summed E-state index contributed by atoms with van der Waals surface area (Å²) in [6.45, 7) is 21.2. The number of hydrogen-bond acceptors (Lipinski definition) is 1. The molecule has 1 aliphatic heterocycles. The maximum atomic E-state index is 7.25. The lowest BCUT2D eigenvalue weighted by atomic mass is 9.70. The number of benzene rings is 4. The van der Waals surface area contributed by atoms with Gasteiger partial charge in [0.15, 0.2) is 6.20 Å². The van der Waals surface area contributed by atoms with Crippen molar-refractivity contribution in [3.05, 3.63) is 77.0 Å². The van der Waals surface area contributed by atoms with Gasteiger partial charge in [0, 0.05) is 17.0 Å². The lowest BCUT2D eigenvalue weighted by molar-refractivity contribution is -0.659. The van der Waals surface area contributed by atoms with E-state index in [1.54, 1.807) is 0 Å². The summed E-state index contributed by atoms with van der Waals surface area (Å²) in [4.78, 5) is 0. The molecule has 0 unspecified atom stereocenters. The summed E-state index contributed by atoms with van der Waals surface area (Å²) in [5, 5.41) is 7.97. The van der Waals surface area contributed by atoms with Gasteiger partial charge in [0.05, 0.1) is 10.9 Å². The molecule has 0 spiro atoms. The molecule has 2 heterocycles. The van der Waals surface area contributed by atoms with Gasteiger partial charge in [-0.1, -0.05) is 91.8 Å². The van der Waals surface area contributed by atoms with Crippen molar-refractivity contribution in [2.75, 3.05) is 0 Å². The zero-order valence-corrected chi connectivity index (χ0v) is 29.4. The molecular formula is C43H52NO+. The standard InChI is InChI=1S/C43H52NO/c1-26-33-22-27(24-41(2,3)4)14-15-31(33)35(25-42(5,6)7)40-37(26)39-38-32(18-21-44(39)10)30-13-11-12-29(34(30)23-36(38)45-40)28-16-19-43(8,9)20-17-28/h11-15,18,21-23,28H,16-17,19-20,24-25H2,1-10H3/q+1. The molecule has 0 saturated heterocycles. The molecule has 2 nitrogen and oxygen atoms in total. The van der Waals surface area contributed by atoms with Crippen LogP contribution in [0.3, 0.4) is 0 Å². The Hall–Kier alpha value is -3.39. The molecule has 0 amide bonds. The zero-order chi connectivity index (χ0) is 32.1.